The molecule has 1 amide bonds. The molecule has 3 heteroatoms. The molecular formula is C10H17NO2. The number of fused-ring (bicyclic) bond motifs is 1. The van der Waals surface area contributed by atoms with Crippen molar-refractivity contribution < 1.29 is 9.90 Å². The van der Waals surface area contributed by atoms with Gasteiger partial charge in [-0.25, -0.2) is 0 Å². The van der Waals surface area contributed by atoms with Crippen LogP contribution in [0.3, 0.4) is 0 Å². The first kappa shape index (κ1) is 9.00. The molecule has 0 aromatic carbocycles. The van der Waals surface area contributed by atoms with Gasteiger partial charge in [0.1, 0.15) is 0 Å². The molecule has 0 unspecified atom stereocenters. The van der Waals surface area contributed by atoms with Gasteiger partial charge in [0.2, 0.25) is 5.91 Å². The van der Waals surface area contributed by atoms with E-state index in [2.05, 4.69) is 0 Å². The van der Waals surface area contributed by atoms with Crippen LogP contribution in [-0.2, 0) is 4.79 Å². The fourth-order valence-corrected chi connectivity index (χ4v) is 2.15. The Bertz CT molecular complexity index is 244. The molecule has 1 saturated heterocycles. The SMILES string of the molecule is CC(C)(C)C(=O)N1C[C@@H]2[C@H]1C[C@@H]2O. The minimum absolute atomic E-state index is 0.144. The summed E-state index contributed by atoms with van der Waals surface area (Å²) in [5.74, 6) is 0.604. The highest BCUT2D eigenvalue weighted by molar-refractivity contribution is 5.83. The summed E-state index contributed by atoms with van der Waals surface area (Å²) in [6.07, 6.45) is 0.640. The minimum atomic E-state index is -0.272. The summed E-state index contributed by atoms with van der Waals surface area (Å²) < 4.78 is 0. The second kappa shape index (κ2) is 2.47. The summed E-state index contributed by atoms with van der Waals surface area (Å²) >= 11 is 0. The first-order chi connectivity index (χ1) is 5.91. The molecule has 0 bridgehead atoms. The number of amides is 1. The number of piperidine rings is 1. The zero-order chi connectivity index (χ0) is 9.80. The molecule has 1 saturated carbocycles. The number of aliphatic hydroxyl groups is 1. The number of hydrogen-bond acceptors (Lipinski definition) is 2. The van der Waals surface area contributed by atoms with Gasteiger partial charge in [0.15, 0.2) is 0 Å². The van der Waals surface area contributed by atoms with Crippen LogP contribution in [0.2, 0.25) is 0 Å². The fraction of sp³-hybridized carbons (Fsp3) is 0.900. The number of carbonyl (C=O) groups is 1. The Morgan fingerprint density at radius 3 is 2.38 bits per heavy atom. The second-order valence-electron chi connectivity index (χ2n) is 5.24. The molecule has 2 rings (SSSR count). The summed E-state index contributed by atoms with van der Waals surface area (Å²) in [4.78, 5) is 13.7. The molecule has 0 aromatic rings. The summed E-state index contributed by atoms with van der Waals surface area (Å²) in [5.41, 5.74) is -0.272. The van der Waals surface area contributed by atoms with E-state index in [1.165, 1.54) is 0 Å². The van der Waals surface area contributed by atoms with Gasteiger partial charge in [-0.05, 0) is 6.42 Å². The van der Waals surface area contributed by atoms with E-state index in [-0.39, 0.29) is 17.4 Å². The number of hydrogen-bond donors (Lipinski definition) is 1. The topological polar surface area (TPSA) is 40.5 Å². The van der Waals surface area contributed by atoms with Gasteiger partial charge in [-0.3, -0.25) is 4.79 Å². The van der Waals surface area contributed by atoms with Crippen molar-refractivity contribution in [3.05, 3.63) is 0 Å². The van der Waals surface area contributed by atoms with Crippen molar-refractivity contribution in [3.63, 3.8) is 0 Å². The van der Waals surface area contributed by atoms with Crippen LogP contribution >= 0.6 is 0 Å². The lowest BCUT2D eigenvalue weighted by Crippen LogP contribution is -2.71. The molecule has 13 heavy (non-hydrogen) atoms. The van der Waals surface area contributed by atoms with Crippen molar-refractivity contribution in [1.29, 1.82) is 0 Å². The Balaban J connectivity index is 1.96. The molecule has 0 radical (unpaired) electrons. The van der Waals surface area contributed by atoms with Gasteiger partial charge in [0.25, 0.3) is 0 Å². The smallest absolute Gasteiger partial charge is 0.228 e. The van der Waals surface area contributed by atoms with E-state index in [0.29, 0.717) is 12.0 Å². The summed E-state index contributed by atoms with van der Waals surface area (Å²) in [5, 5.41) is 9.30. The summed E-state index contributed by atoms with van der Waals surface area (Å²) in [7, 11) is 0. The lowest BCUT2D eigenvalue weighted by molar-refractivity contribution is -0.182. The van der Waals surface area contributed by atoms with Crippen LogP contribution in [0, 0.1) is 11.3 Å². The van der Waals surface area contributed by atoms with E-state index < -0.39 is 0 Å². The van der Waals surface area contributed by atoms with E-state index in [1.54, 1.807) is 0 Å². The molecule has 0 spiro atoms. The Hall–Kier alpha value is -0.570. The quantitative estimate of drug-likeness (QED) is 0.598. The maximum absolute atomic E-state index is 11.8. The van der Waals surface area contributed by atoms with E-state index in [0.717, 1.165) is 13.0 Å². The number of rotatable bonds is 0. The highest BCUT2D eigenvalue weighted by Crippen LogP contribution is 2.43. The van der Waals surface area contributed by atoms with Gasteiger partial charge < -0.3 is 10.0 Å². The average molecular weight is 183 g/mol. The third kappa shape index (κ3) is 1.17. The van der Waals surface area contributed by atoms with E-state index in [1.807, 2.05) is 25.7 Å². The molecule has 3 nitrogen and oxygen atoms in total. The third-order valence-electron chi connectivity index (χ3n) is 3.18. The summed E-state index contributed by atoms with van der Waals surface area (Å²) in [6, 6.07) is 0.349. The van der Waals surface area contributed by atoms with Crippen molar-refractivity contribution in [1.82, 2.24) is 4.90 Å². The van der Waals surface area contributed by atoms with Gasteiger partial charge in [-0.2, -0.15) is 0 Å². The van der Waals surface area contributed by atoms with Gasteiger partial charge in [0, 0.05) is 23.9 Å². The van der Waals surface area contributed by atoms with Crippen molar-refractivity contribution in [2.75, 3.05) is 6.54 Å². The van der Waals surface area contributed by atoms with Gasteiger partial charge in [0.05, 0.1) is 6.10 Å². The zero-order valence-electron chi connectivity index (χ0n) is 8.45. The van der Waals surface area contributed by atoms with Crippen molar-refractivity contribution in [2.24, 2.45) is 11.3 Å². The third-order valence-corrected chi connectivity index (χ3v) is 3.18. The molecule has 0 aromatic heterocycles. The predicted molar refractivity (Wildman–Crippen MR) is 49.1 cm³/mol. The number of likely N-dealkylation sites (tertiary alicyclic amines) is 1. The van der Waals surface area contributed by atoms with Crippen LogP contribution in [0.25, 0.3) is 0 Å². The van der Waals surface area contributed by atoms with Crippen LogP contribution < -0.4 is 0 Å². The van der Waals surface area contributed by atoms with Crippen LogP contribution in [0.15, 0.2) is 0 Å². The molecule has 1 aliphatic carbocycles. The minimum Gasteiger partial charge on any atom is -0.393 e. The van der Waals surface area contributed by atoms with Crippen molar-refractivity contribution in [2.45, 2.75) is 39.3 Å². The monoisotopic (exact) mass is 183 g/mol. The highest BCUT2D eigenvalue weighted by Gasteiger charge is 2.55. The van der Waals surface area contributed by atoms with E-state index >= 15 is 0 Å². The van der Waals surface area contributed by atoms with Gasteiger partial charge >= 0.3 is 0 Å². The number of aliphatic hydroxyl groups excluding tert-OH is 1. The van der Waals surface area contributed by atoms with Crippen LogP contribution in [0.1, 0.15) is 27.2 Å². The highest BCUT2D eigenvalue weighted by atomic mass is 16.3. The Kier molecular flexibility index (Phi) is 1.71. The van der Waals surface area contributed by atoms with Gasteiger partial charge in [-0.15, -0.1) is 0 Å². The maximum atomic E-state index is 11.8. The molecule has 1 N–H and O–H groups in total. The van der Waals surface area contributed by atoms with Crippen LogP contribution in [-0.4, -0.2) is 34.6 Å². The van der Waals surface area contributed by atoms with E-state index in [9.17, 15) is 9.90 Å². The molecule has 3 atom stereocenters. The predicted octanol–water partition coefficient (Wildman–Crippen LogP) is 0.624. The second-order valence-corrected chi connectivity index (χ2v) is 5.24. The van der Waals surface area contributed by atoms with Crippen LogP contribution in [0.5, 0.6) is 0 Å². The standard InChI is InChI=1S/C10H17NO2/c1-10(2,3)9(13)11-5-6-7(11)4-8(6)12/h6-8,12H,4-5H2,1-3H3/t6-,7-,8+/m1/s1. The molecule has 1 aliphatic heterocycles. The van der Waals surface area contributed by atoms with Crippen LogP contribution in [0.4, 0.5) is 0 Å². The Morgan fingerprint density at radius 1 is 1.46 bits per heavy atom. The fourth-order valence-electron chi connectivity index (χ4n) is 2.15. The first-order valence-corrected chi connectivity index (χ1v) is 4.90. The molecule has 74 valence electrons. The first-order valence-electron chi connectivity index (χ1n) is 4.90. The Labute approximate surface area is 78.7 Å². The molecular weight excluding hydrogens is 166 g/mol. The Morgan fingerprint density at radius 2 is 2.08 bits per heavy atom. The summed E-state index contributed by atoms with van der Waals surface area (Å²) in [6.45, 7) is 6.59. The average Bonchev–Trinajstić information content (AvgIpc) is 1.97. The number of nitrogens with zero attached hydrogens (tertiary/aromatic N) is 1. The lowest BCUT2D eigenvalue weighted by Gasteiger charge is -2.59. The number of carbonyl (C=O) groups excluding carboxylic acids is 1. The normalized spacial score (nSPS) is 37.5. The lowest BCUT2D eigenvalue weighted by atomic mass is 9.67. The zero-order valence-corrected chi connectivity index (χ0v) is 8.45. The molecule has 1 heterocycles. The molecule has 2 aliphatic rings. The van der Waals surface area contributed by atoms with E-state index in [4.69, 9.17) is 0 Å². The van der Waals surface area contributed by atoms with Crippen molar-refractivity contribution >= 4 is 5.91 Å². The largest absolute Gasteiger partial charge is 0.393 e. The molecule has 2 fully saturated rings. The maximum Gasteiger partial charge on any atom is 0.228 e. The van der Waals surface area contributed by atoms with Gasteiger partial charge in [-0.1, -0.05) is 20.8 Å². The van der Waals surface area contributed by atoms with Crippen molar-refractivity contribution in [3.8, 4) is 0 Å².